The average molecular weight is 307 g/mol. The van der Waals surface area contributed by atoms with Crippen molar-refractivity contribution < 1.29 is 14.3 Å². The summed E-state index contributed by atoms with van der Waals surface area (Å²) in [4.78, 5) is 14.3. The number of carbonyl (C=O) groups is 1. The maximum absolute atomic E-state index is 12.3. The van der Waals surface area contributed by atoms with E-state index in [1.54, 1.807) is 0 Å². The molecule has 2 aliphatic heterocycles. The SMILES string of the molecule is O=C(C1CCC1)N1CC2(C1)OCC[C@H]2COCC1CCCC1. The fourth-order valence-corrected chi connectivity index (χ4v) is 4.59. The lowest BCUT2D eigenvalue weighted by Crippen LogP contribution is -2.67. The molecule has 2 saturated carbocycles. The van der Waals surface area contributed by atoms with Crippen LogP contribution in [0.15, 0.2) is 0 Å². The van der Waals surface area contributed by atoms with Crippen LogP contribution in [0.1, 0.15) is 51.4 Å². The molecule has 0 aromatic carbocycles. The van der Waals surface area contributed by atoms with Gasteiger partial charge in [0, 0.05) is 25.0 Å². The van der Waals surface area contributed by atoms with Gasteiger partial charge in [0.1, 0.15) is 5.60 Å². The molecule has 0 N–H and O–H groups in total. The summed E-state index contributed by atoms with van der Waals surface area (Å²) in [5.41, 5.74) is -0.0743. The summed E-state index contributed by atoms with van der Waals surface area (Å²) in [6.45, 7) is 4.20. The highest BCUT2D eigenvalue weighted by atomic mass is 16.5. The van der Waals surface area contributed by atoms with Crippen molar-refractivity contribution >= 4 is 5.91 Å². The third-order valence-corrected chi connectivity index (χ3v) is 6.43. The predicted octanol–water partition coefficient (Wildman–Crippen LogP) is 2.61. The van der Waals surface area contributed by atoms with Gasteiger partial charge >= 0.3 is 0 Å². The van der Waals surface area contributed by atoms with Gasteiger partial charge in [-0.05, 0) is 38.0 Å². The molecule has 124 valence electrons. The van der Waals surface area contributed by atoms with Crippen molar-refractivity contribution in [3.8, 4) is 0 Å². The van der Waals surface area contributed by atoms with E-state index in [1.807, 2.05) is 4.90 Å². The Morgan fingerprint density at radius 2 is 1.82 bits per heavy atom. The number of amides is 1. The second-order valence-electron chi connectivity index (χ2n) is 7.91. The molecular weight excluding hydrogens is 278 g/mol. The summed E-state index contributed by atoms with van der Waals surface area (Å²) < 4.78 is 12.1. The van der Waals surface area contributed by atoms with E-state index >= 15 is 0 Å². The van der Waals surface area contributed by atoms with Crippen LogP contribution in [0, 0.1) is 17.8 Å². The van der Waals surface area contributed by atoms with Gasteiger partial charge in [-0.1, -0.05) is 19.3 Å². The smallest absolute Gasteiger partial charge is 0.225 e. The Hall–Kier alpha value is -0.610. The molecule has 0 bridgehead atoms. The molecule has 1 spiro atoms. The molecule has 2 aliphatic carbocycles. The standard InChI is InChI=1S/C18H29NO3/c20-17(15-6-3-7-15)19-12-18(13-19)16(8-9-22-18)11-21-10-14-4-1-2-5-14/h14-16H,1-13H2/t16-/m0/s1. The number of hydrogen-bond acceptors (Lipinski definition) is 3. The molecule has 4 rings (SSSR count). The van der Waals surface area contributed by atoms with Gasteiger partial charge in [0.25, 0.3) is 0 Å². The summed E-state index contributed by atoms with van der Waals surface area (Å²) in [5.74, 6) is 1.96. The minimum atomic E-state index is -0.0743. The third kappa shape index (κ3) is 2.69. The van der Waals surface area contributed by atoms with Gasteiger partial charge in [0.2, 0.25) is 5.91 Å². The second kappa shape index (κ2) is 6.12. The van der Waals surface area contributed by atoms with Crippen LogP contribution in [0.5, 0.6) is 0 Å². The van der Waals surface area contributed by atoms with Gasteiger partial charge in [0.05, 0.1) is 19.7 Å². The van der Waals surface area contributed by atoms with Gasteiger partial charge in [0.15, 0.2) is 0 Å². The molecule has 4 heteroatoms. The molecule has 22 heavy (non-hydrogen) atoms. The predicted molar refractivity (Wildman–Crippen MR) is 83.5 cm³/mol. The van der Waals surface area contributed by atoms with E-state index < -0.39 is 0 Å². The van der Waals surface area contributed by atoms with Gasteiger partial charge in [-0.25, -0.2) is 0 Å². The highest BCUT2D eigenvalue weighted by molar-refractivity contribution is 5.80. The average Bonchev–Trinajstić information content (AvgIpc) is 3.03. The molecule has 1 atom stereocenters. The molecule has 0 unspecified atom stereocenters. The zero-order valence-corrected chi connectivity index (χ0v) is 13.6. The van der Waals surface area contributed by atoms with Crippen molar-refractivity contribution in [2.45, 2.75) is 57.0 Å². The molecule has 0 radical (unpaired) electrons. The van der Waals surface area contributed by atoms with Crippen molar-refractivity contribution in [3.05, 3.63) is 0 Å². The lowest BCUT2D eigenvalue weighted by atomic mass is 9.78. The van der Waals surface area contributed by atoms with Crippen LogP contribution in [0.4, 0.5) is 0 Å². The molecule has 0 aromatic heterocycles. The highest BCUT2D eigenvalue weighted by Crippen LogP contribution is 2.42. The van der Waals surface area contributed by atoms with Crippen LogP contribution in [0.25, 0.3) is 0 Å². The Labute approximate surface area is 133 Å². The first-order valence-corrected chi connectivity index (χ1v) is 9.27. The minimum absolute atomic E-state index is 0.0743. The lowest BCUT2D eigenvalue weighted by molar-refractivity contribution is -0.174. The Kier molecular flexibility index (Phi) is 4.16. The van der Waals surface area contributed by atoms with Crippen molar-refractivity contribution in [1.29, 1.82) is 0 Å². The molecular formula is C18H29NO3. The summed E-state index contributed by atoms with van der Waals surface area (Å²) in [6, 6.07) is 0. The number of likely N-dealkylation sites (tertiary alicyclic amines) is 1. The van der Waals surface area contributed by atoms with Gasteiger partial charge < -0.3 is 14.4 Å². The van der Waals surface area contributed by atoms with Crippen LogP contribution in [-0.4, -0.2) is 49.3 Å². The van der Waals surface area contributed by atoms with Gasteiger partial charge in [-0.15, -0.1) is 0 Å². The van der Waals surface area contributed by atoms with E-state index in [4.69, 9.17) is 9.47 Å². The van der Waals surface area contributed by atoms with E-state index in [0.29, 0.717) is 17.7 Å². The lowest BCUT2D eigenvalue weighted by Gasteiger charge is -2.51. The maximum Gasteiger partial charge on any atom is 0.225 e. The van der Waals surface area contributed by atoms with Crippen LogP contribution >= 0.6 is 0 Å². The summed E-state index contributed by atoms with van der Waals surface area (Å²) in [7, 11) is 0. The van der Waals surface area contributed by atoms with E-state index in [2.05, 4.69) is 0 Å². The molecule has 0 aromatic rings. The Morgan fingerprint density at radius 1 is 1.05 bits per heavy atom. The Bertz CT molecular complexity index is 409. The van der Waals surface area contributed by atoms with Crippen LogP contribution in [0.3, 0.4) is 0 Å². The van der Waals surface area contributed by atoms with Crippen LogP contribution in [0.2, 0.25) is 0 Å². The molecule has 4 nitrogen and oxygen atoms in total. The molecule has 1 amide bonds. The first-order valence-electron chi connectivity index (χ1n) is 9.27. The summed E-state index contributed by atoms with van der Waals surface area (Å²) >= 11 is 0. The maximum atomic E-state index is 12.3. The largest absolute Gasteiger partial charge is 0.381 e. The highest BCUT2D eigenvalue weighted by Gasteiger charge is 2.55. The molecule has 2 saturated heterocycles. The van der Waals surface area contributed by atoms with E-state index in [9.17, 15) is 4.79 Å². The molecule has 4 aliphatic rings. The van der Waals surface area contributed by atoms with Gasteiger partial charge in [-0.3, -0.25) is 4.79 Å². The van der Waals surface area contributed by atoms with Crippen molar-refractivity contribution in [2.75, 3.05) is 32.9 Å². The minimum Gasteiger partial charge on any atom is -0.381 e. The monoisotopic (exact) mass is 307 g/mol. The number of carbonyl (C=O) groups excluding carboxylic acids is 1. The summed E-state index contributed by atoms with van der Waals surface area (Å²) in [5, 5.41) is 0. The Morgan fingerprint density at radius 3 is 2.50 bits per heavy atom. The number of rotatable bonds is 5. The van der Waals surface area contributed by atoms with Gasteiger partial charge in [-0.2, -0.15) is 0 Å². The van der Waals surface area contributed by atoms with Crippen LogP contribution < -0.4 is 0 Å². The molecule has 4 fully saturated rings. The van der Waals surface area contributed by atoms with Crippen molar-refractivity contribution in [3.63, 3.8) is 0 Å². The Balaban J connectivity index is 1.24. The first kappa shape index (κ1) is 14.9. The van der Waals surface area contributed by atoms with E-state index in [-0.39, 0.29) is 5.60 Å². The second-order valence-corrected chi connectivity index (χ2v) is 7.91. The number of hydrogen-bond donors (Lipinski definition) is 0. The van der Waals surface area contributed by atoms with E-state index in [1.165, 1.54) is 32.1 Å². The topological polar surface area (TPSA) is 38.8 Å². The van der Waals surface area contributed by atoms with Crippen LogP contribution in [-0.2, 0) is 14.3 Å². The molecule has 2 heterocycles. The normalized spacial score (nSPS) is 31.5. The van der Waals surface area contributed by atoms with Crippen molar-refractivity contribution in [1.82, 2.24) is 4.90 Å². The first-order chi connectivity index (χ1) is 10.8. The zero-order valence-electron chi connectivity index (χ0n) is 13.6. The summed E-state index contributed by atoms with van der Waals surface area (Å²) in [6.07, 6.45) is 9.95. The zero-order chi connectivity index (χ0) is 15.0. The number of ether oxygens (including phenoxy) is 2. The van der Waals surface area contributed by atoms with E-state index in [0.717, 1.165) is 58.1 Å². The quantitative estimate of drug-likeness (QED) is 0.784. The third-order valence-electron chi connectivity index (χ3n) is 6.43. The fraction of sp³-hybridized carbons (Fsp3) is 0.944. The fourth-order valence-electron chi connectivity index (χ4n) is 4.59. The van der Waals surface area contributed by atoms with Crippen molar-refractivity contribution in [2.24, 2.45) is 17.8 Å². The number of nitrogens with zero attached hydrogens (tertiary/aromatic N) is 1.